The van der Waals surface area contributed by atoms with Gasteiger partial charge in [-0.15, -0.1) is 0 Å². The van der Waals surface area contributed by atoms with E-state index in [1.54, 1.807) is 12.1 Å². The summed E-state index contributed by atoms with van der Waals surface area (Å²) in [5.74, 6) is -0.297. The van der Waals surface area contributed by atoms with Crippen molar-refractivity contribution in [3.63, 3.8) is 0 Å². The van der Waals surface area contributed by atoms with E-state index in [1.165, 1.54) is 12.3 Å². The van der Waals surface area contributed by atoms with Gasteiger partial charge in [0.05, 0.1) is 0 Å². The highest BCUT2D eigenvalue weighted by molar-refractivity contribution is 6.02. The number of anilines is 1. The van der Waals surface area contributed by atoms with Gasteiger partial charge in [0.15, 0.2) is 5.69 Å². The van der Waals surface area contributed by atoms with Crippen LogP contribution in [0.5, 0.6) is 0 Å². The Morgan fingerprint density at radius 2 is 2.06 bits per heavy atom. The molecule has 0 saturated heterocycles. The van der Waals surface area contributed by atoms with Crippen LogP contribution in [0, 0.1) is 0 Å². The number of benzene rings is 1. The Kier molecular flexibility index (Phi) is 2.98. The van der Waals surface area contributed by atoms with Crippen molar-refractivity contribution in [1.29, 1.82) is 0 Å². The minimum absolute atomic E-state index is 0.253. The molecule has 0 aliphatic rings. The van der Waals surface area contributed by atoms with Crippen molar-refractivity contribution in [2.24, 2.45) is 5.73 Å². The third kappa shape index (κ3) is 2.26. The molecule has 0 bridgehead atoms. The number of rotatable bonds is 3. The van der Waals surface area contributed by atoms with Crippen molar-refractivity contribution in [2.45, 2.75) is 6.54 Å². The number of aromatic nitrogens is 1. The van der Waals surface area contributed by atoms with Crippen LogP contribution in [0.2, 0.25) is 0 Å². The zero-order valence-corrected chi connectivity index (χ0v) is 8.51. The van der Waals surface area contributed by atoms with E-state index in [-0.39, 0.29) is 11.6 Å². The molecule has 82 valence electrons. The number of hydrogen-bond donors (Lipinski definition) is 2. The first kappa shape index (κ1) is 10.4. The minimum Gasteiger partial charge on any atom is -0.364 e. The Labute approximate surface area is 92.2 Å². The van der Waals surface area contributed by atoms with Crippen LogP contribution in [0.4, 0.5) is 5.69 Å². The molecule has 1 aromatic heterocycles. The van der Waals surface area contributed by atoms with Gasteiger partial charge in [-0.2, -0.15) is 0 Å². The third-order valence-electron chi connectivity index (χ3n) is 2.12. The average molecular weight is 217 g/mol. The highest BCUT2D eigenvalue weighted by Gasteiger charge is 2.08. The number of nitrogens with one attached hydrogen (secondary N) is 1. The Morgan fingerprint density at radius 3 is 2.62 bits per heavy atom. The highest BCUT2D eigenvalue weighted by atomic mass is 16.5. The molecule has 0 saturated carbocycles. The van der Waals surface area contributed by atoms with E-state index >= 15 is 0 Å². The van der Waals surface area contributed by atoms with Crippen LogP contribution in [-0.2, 0) is 6.54 Å². The van der Waals surface area contributed by atoms with Gasteiger partial charge >= 0.3 is 0 Å². The van der Waals surface area contributed by atoms with Crippen molar-refractivity contribution < 1.29 is 9.32 Å². The topological polar surface area (TPSA) is 81.1 Å². The zero-order chi connectivity index (χ0) is 11.4. The van der Waals surface area contributed by atoms with E-state index in [4.69, 9.17) is 5.73 Å². The van der Waals surface area contributed by atoms with Gasteiger partial charge in [0, 0.05) is 18.3 Å². The van der Waals surface area contributed by atoms with Gasteiger partial charge in [-0.1, -0.05) is 17.3 Å². The second kappa shape index (κ2) is 4.59. The number of carbonyl (C=O) groups excluding carboxylic acids is 1. The second-order valence-electron chi connectivity index (χ2n) is 3.24. The van der Waals surface area contributed by atoms with Gasteiger partial charge in [0.1, 0.15) is 6.26 Å². The van der Waals surface area contributed by atoms with Gasteiger partial charge in [0.2, 0.25) is 0 Å². The summed E-state index contributed by atoms with van der Waals surface area (Å²) in [4.78, 5) is 11.6. The number of carbonyl (C=O) groups is 1. The molecule has 1 aromatic carbocycles. The fraction of sp³-hybridized carbons (Fsp3) is 0.0909. The lowest BCUT2D eigenvalue weighted by atomic mass is 10.2. The quantitative estimate of drug-likeness (QED) is 0.813. The van der Waals surface area contributed by atoms with Crippen molar-refractivity contribution in [2.75, 3.05) is 5.32 Å². The highest BCUT2D eigenvalue weighted by Crippen LogP contribution is 2.10. The van der Waals surface area contributed by atoms with Crippen molar-refractivity contribution in [3.05, 3.63) is 47.9 Å². The monoisotopic (exact) mass is 217 g/mol. The van der Waals surface area contributed by atoms with Crippen molar-refractivity contribution >= 4 is 11.6 Å². The molecule has 5 heteroatoms. The molecule has 1 amide bonds. The van der Waals surface area contributed by atoms with Crippen LogP contribution in [0.1, 0.15) is 16.1 Å². The molecule has 0 aliphatic heterocycles. The summed E-state index contributed by atoms with van der Waals surface area (Å²) in [6, 6.07) is 8.81. The standard InChI is InChI=1S/C11H11N3O2/c12-7-8-1-3-9(4-2-8)13-11(15)10-5-6-16-14-10/h1-6H,7,12H2,(H,13,15). The summed E-state index contributed by atoms with van der Waals surface area (Å²) in [5, 5.41) is 6.23. The van der Waals surface area contributed by atoms with Crippen molar-refractivity contribution in [1.82, 2.24) is 5.16 Å². The largest absolute Gasteiger partial charge is 0.364 e. The van der Waals surface area contributed by atoms with Crippen LogP contribution >= 0.6 is 0 Å². The lowest BCUT2D eigenvalue weighted by Crippen LogP contribution is -2.12. The summed E-state index contributed by atoms with van der Waals surface area (Å²) in [7, 11) is 0. The summed E-state index contributed by atoms with van der Waals surface area (Å²) in [5.41, 5.74) is 7.43. The Bertz CT molecular complexity index is 462. The maximum atomic E-state index is 11.6. The molecule has 5 nitrogen and oxygen atoms in total. The molecule has 0 aliphatic carbocycles. The van der Waals surface area contributed by atoms with Gasteiger partial charge in [0.25, 0.3) is 5.91 Å². The van der Waals surface area contributed by atoms with E-state index in [0.717, 1.165) is 5.56 Å². The fourth-order valence-electron chi connectivity index (χ4n) is 1.25. The van der Waals surface area contributed by atoms with Gasteiger partial charge in [-0.05, 0) is 17.7 Å². The Morgan fingerprint density at radius 1 is 1.31 bits per heavy atom. The normalized spacial score (nSPS) is 10.1. The molecule has 0 unspecified atom stereocenters. The first-order valence-corrected chi connectivity index (χ1v) is 4.80. The Hall–Kier alpha value is -2.14. The Balaban J connectivity index is 2.06. The molecule has 0 fully saturated rings. The molecular weight excluding hydrogens is 206 g/mol. The first-order chi connectivity index (χ1) is 7.79. The summed E-state index contributed by atoms with van der Waals surface area (Å²) >= 11 is 0. The molecular formula is C11H11N3O2. The van der Waals surface area contributed by atoms with E-state index < -0.39 is 0 Å². The average Bonchev–Trinajstić information content (AvgIpc) is 2.83. The maximum absolute atomic E-state index is 11.6. The smallest absolute Gasteiger partial charge is 0.277 e. The van der Waals surface area contributed by atoms with Crippen LogP contribution in [0.25, 0.3) is 0 Å². The first-order valence-electron chi connectivity index (χ1n) is 4.80. The van der Waals surface area contributed by atoms with Crippen molar-refractivity contribution in [3.8, 4) is 0 Å². The molecule has 0 radical (unpaired) electrons. The number of amides is 1. The predicted octanol–water partition coefficient (Wildman–Crippen LogP) is 1.39. The molecule has 3 N–H and O–H groups in total. The third-order valence-corrected chi connectivity index (χ3v) is 2.12. The van der Waals surface area contributed by atoms with Crippen LogP contribution < -0.4 is 11.1 Å². The molecule has 16 heavy (non-hydrogen) atoms. The lowest BCUT2D eigenvalue weighted by molar-refractivity contribution is 0.101. The minimum atomic E-state index is -0.297. The SMILES string of the molecule is NCc1ccc(NC(=O)c2ccon2)cc1. The van der Waals surface area contributed by atoms with Crippen LogP contribution in [0.15, 0.2) is 41.1 Å². The van der Waals surface area contributed by atoms with E-state index in [9.17, 15) is 4.79 Å². The van der Waals surface area contributed by atoms with Crippen LogP contribution in [0.3, 0.4) is 0 Å². The molecule has 2 aromatic rings. The van der Waals surface area contributed by atoms with E-state index in [2.05, 4.69) is 15.0 Å². The molecule has 1 heterocycles. The van der Waals surface area contributed by atoms with E-state index in [1.807, 2.05) is 12.1 Å². The zero-order valence-electron chi connectivity index (χ0n) is 8.51. The summed E-state index contributed by atoms with van der Waals surface area (Å²) < 4.78 is 4.58. The summed E-state index contributed by atoms with van der Waals surface area (Å²) in [6.45, 7) is 0.484. The fourth-order valence-corrected chi connectivity index (χ4v) is 1.25. The molecule has 0 spiro atoms. The van der Waals surface area contributed by atoms with Gasteiger partial charge in [-0.3, -0.25) is 4.79 Å². The molecule has 2 rings (SSSR count). The summed E-state index contributed by atoms with van der Waals surface area (Å²) in [6.07, 6.45) is 1.35. The number of hydrogen-bond acceptors (Lipinski definition) is 4. The number of nitrogens with zero attached hydrogens (tertiary/aromatic N) is 1. The van der Waals surface area contributed by atoms with E-state index in [0.29, 0.717) is 12.2 Å². The number of nitrogens with two attached hydrogens (primary N) is 1. The lowest BCUT2D eigenvalue weighted by Gasteiger charge is -2.03. The predicted molar refractivity (Wildman–Crippen MR) is 58.8 cm³/mol. The van der Waals surface area contributed by atoms with Gasteiger partial charge in [-0.25, -0.2) is 0 Å². The molecule has 0 atom stereocenters. The maximum Gasteiger partial charge on any atom is 0.277 e. The van der Waals surface area contributed by atoms with Gasteiger partial charge < -0.3 is 15.6 Å². The van der Waals surface area contributed by atoms with Crippen LogP contribution in [-0.4, -0.2) is 11.1 Å². The second-order valence-corrected chi connectivity index (χ2v) is 3.24.